The van der Waals surface area contributed by atoms with Crippen molar-refractivity contribution in [3.05, 3.63) is 23.3 Å². The summed E-state index contributed by atoms with van der Waals surface area (Å²) in [5, 5.41) is 3.24. The number of ether oxygens (including phenoxy) is 2. The fourth-order valence-corrected chi connectivity index (χ4v) is 3.66. The summed E-state index contributed by atoms with van der Waals surface area (Å²) in [6.07, 6.45) is 4.85. The van der Waals surface area contributed by atoms with E-state index in [2.05, 4.69) is 26.2 Å². The molecule has 1 aliphatic rings. The van der Waals surface area contributed by atoms with Crippen molar-refractivity contribution in [2.75, 3.05) is 27.8 Å². The first-order valence-corrected chi connectivity index (χ1v) is 9.26. The number of carbonyl (C=O) groups is 1. The quantitative estimate of drug-likeness (QED) is 0.788. The van der Waals surface area contributed by atoms with E-state index in [1.165, 1.54) is 24.8 Å². The van der Waals surface area contributed by atoms with Crippen LogP contribution >= 0.6 is 0 Å². The summed E-state index contributed by atoms with van der Waals surface area (Å²) in [7, 11) is 5.34. The largest absolute Gasteiger partial charge is 0.493 e. The number of hydrogen-bond acceptors (Lipinski definition) is 3. The molecule has 5 heteroatoms. The number of quaternary nitrogens is 1. The van der Waals surface area contributed by atoms with Crippen LogP contribution in [-0.2, 0) is 11.3 Å². The van der Waals surface area contributed by atoms with Gasteiger partial charge in [-0.25, -0.2) is 0 Å². The molecule has 1 aliphatic carbocycles. The highest BCUT2D eigenvalue weighted by Gasteiger charge is 2.24. The van der Waals surface area contributed by atoms with Crippen molar-refractivity contribution >= 4 is 5.91 Å². The molecular weight excluding hydrogens is 316 g/mol. The highest BCUT2D eigenvalue weighted by atomic mass is 16.5. The summed E-state index contributed by atoms with van der Waals surface area (Å²) in [4.78, 5) is 13.6. The third-order valence-electron chi connectivity index (χ3n) is 5.25. The number of hydrogen-bond donors (Lipinski definition) is 2. The molecule has 1 saturated carbocycles. The molecule has 1 fully saturated rings. The molecule has 3 atom stereocenters. The second kappa shape index (κ2) is 9.09. The molecule has 0 heterocycles. The number of likely N-dealkylation sites (N-methyl/N-ethyl adjacent to an activating group) is 1. The van der Waals surface area contributed by atoms with Gasteiger partial charge in [0.05, 0.1) is 21.3 Å². The summed E-state index contributed by atoms with van der Waals surface area (Å²) in [6.45, 7) is 5.57. The first-order valence-electron chi connectivity index (χ1n) is 9.26. The molecule has 0 bridgehead atoms. The second-order valence-electron chi connectivity index (χ2n) is 7.38. The van der Waals surface area contributed by atoms with Crippen LogP contribution in [0.2, 0.25) is 0 Å². The molecule has 140 valence electrons. The first kappa shape index (κ1) is 19.6. The minimum atomic E-state index is 0.148. The highest BCUT2D eigenvalue weighted by molar-refractivity contribution is 5.77. The second-order valence-corrected chi connectivity index (χ2v) is 7.38. The maximum atomic E-state index is 12.4. The maximum Gasteiger partial charge on any atom is 0.275 e. The van der Waals surface area contributed by atoms with Crippen LogP contribution < -0.4 is 19.7 Å². The number of aryl methyl sites for hydroxylation is 1. The van der Waals surface area contributed by atoms with Crippen LogP contribution in [0.15, 0.2) is 12.1 Å². The van der Waals surface area contributed by atoms with Gasteiger partial charge < -0.3 is 19.7 Å². The standard InChI is InChI=1S/C20H32N2O3/c1-14-8-6-7-9-17(14)21-20(23)13-22(3)12-16-11-19(25-5)18(24-4)10-15(16)2/h10-11,14,17H,6-9,12-13H2,1-5H3,(H,21,23)/p+1/t14-,17+/m0/s1. The number of amides is 1. The monoisotopic (exact) mass is 349 g/mol. The van der Waals surface area contributed by atoms with Crippen molar-refractivity contribution in [1.82, 2.24) is 5.32 Å². The lowest BCUT2D eigenvalue weighted by molar-refractivity contribution is -0.885. The van der Waals surface area contributed by atoms with Gasteiger partial charge in [-0.2, -0.15) is 0 Å². The summed E-state index contributed by atoms with van der Waals surface area (Å²) in [5.41, 5.74) is 2.33. The van der Waals surface area contributed by atoms with Crippen LogP contribution in [-0.4, -0.2) is 39.8 Å². The van der Waals surface area contributed by atoms with Gasteiger partial charge in [-0.05, 0) is 43.4 Å². The van der Waals surface area contributed by atoms with Crippen molar-refractivity contribution < 1.29 is 19.2 Å². The Bertz CT molecular complexity index is 589. The molecule has 1 unspecified atom stereocenters. The molecule has 0 aromatic heterocycles. The van der Waals surface area contributed by atoms with E-state index in [0.29, 0.717) is 18.5 Å². The van der Waals surface area contributed by atoms with Crippen molar-refractivity contribution in [1.29, 1.82) is 0 Å². The fourth-order valence-electron chi connectivity index (χ4n) is 3.66. The molecule has 0 radical (unpaired) electrons. The fraction of sp³-hybridized carbons (Fsp3) is 0.650. The lowest BCUT2D eigenvalue weighted by Crippen LogP contribution is -3.09. The number of rotatable bonds is 7. The first-order chi connectivity index (χ1) is 11.9. The third-order valence-corrected chi connectivity index (χ3v) is 5.25. The summed E-state index contributed by atoms with van der Waals surface area (Å²) in [6, 6.07) is 4.35. The van der Waals surface area contributed by atoms with E-state index >= 15 is 0 Å². The van der Waals surface area contributed by atoms with Crippen LogP contribution in [0.4, 0.5) is 0 Å². The topological polar surface area (TPSA) is 52.0 Å². The Morgan fingerprint density at radius 3 is 2.48 bits per heavy atom. The van der Waals surface area contributed by atoms with Gasteiger partial charge in [0, 0.05) is 11.6 Å². The molecule has 5 nitrogen and oxygen atoms in total. The van der Waals surface area contributed by atoms with E-state index in [4.69, 9.17) is 9.47 Å². The average molecular weight is 349 g/mol. The highest BCUT2D eigenvalue weighted by Crippen LogP contribution is 2.29. The minimum absolute atomic E-state index is 0.148. The molecule has 0 saturated heterocycles. The van der Waals surface area contributed by atoms with Crippen molar-refractivity contribution in [3.8, 4) is 11.5 Å². The third kappa shape index (κ3) is 5.36. The molecule has 1 aromatic carbocycles. The van der Waals surface area contributed by atoms with Gasteiger partial charge in [-0.1, -0.05) is 19.8 Å². The molecule has 0 spiro atoms. The maximum absolute atomic E-state index is 12.4. The van der Waals surface area contributed by atoms with Gasteiger partial charge in [-0.3, -0.25) is 4.79 Å². The van der Waals surface area contributed by atoms with E-state index in [-0.39, 0.29) is 5.91 Å². The Morgan fingerprint density at radius 1 is 1.20 bits per heavy atom. The zero-order valence-electron chi connectivity index (χ0n) is 16.3. The predicted molar refractivity (Wildman–Crippen MR) is 99.3 cm³/mol. The number of benzene rings is 1. The number of carbonyl (C=O) groups excluding carboxylic acids is 1. The van der Waals surface area contributed by atoms with Gasteiger partial charge in [0.2, 0.25) is 0 Å². The molecule has 25 heavy (non-hydrogen) atoms. The number of nitrogens with one attached hydrogen (secondary N) is 2. The smallest absolute Gasteiger partial charge is 0.275 e. The van der Waals surface area contributed by atoms with Gasteiger partial charge in [0.15, 0.2) is 18.0 Å². The molecule has 0 aliphatic heterocycles. The summed E-state index contributed by atoms with van der Waals surface area (Å²) in [5.74, 6) is 2.21. The van der Waals surface area contributed by atoms with Gasteiger partial charge in [0.1, 0.15) is 6.54 Å². The van der Waals surface area contributed by atoms with E-state index in [1.54, 1.807) is 14.2 Å². The Balaban J connectivity index is 1.93. The lowest BCUT2D eigenvalue weighted by atomic mass is 9.86. The van der Waals surface area contributed by atoms with Gasteiger partial charge in [-0.15, -0.1) is 0 Å². The lowest BCUT2D eigenvalue weighted by Gasteiger charge is -2.29. The van der Waals surface area contributed by atoms with Crippen LogP contribution in [0.5, 0.6) is 11.5 Å². The van der Waals surface area contributed by atoms with Crippen molar-refractivity contribution in [3.63, 3.8) is 0 Å². The van der Waals surface area contributed by atoms with Crippen molar-refractivity contribution in [2.24, 2.45) is 5.92 Å². The summed E-state index contributed by atoms with van der Waals surface area (Å²) >= 11 is 0. The zero-order valence-corrected chi connectivity index (χ0v) is 16.3. The zero-order chi connectivity index (χ0) is 18.4. The Labute approximate surface area is 151 Å². The Morgan fingerprint density at radius 2 is 1.84 bits per heavy atom. The van der Waals surface area contributed by atoms with Crippen LogP contribution in [0.1, 0.15) is 43.7 Å². The SMILES string of the molecule is COc1cc(C)c(C[NH+](C)CC(=O)N[C@@H]2CCCC[C@@H]2C)cc1OC. The average Bonchev–Trinajstić information content (AvgIpc) is 2.58. The van der Waals surface area contributed by atoms with E-state index in [9.17, 15) is 4.79 Å². The van der Waals surface area contributed by atoms with Crippen LogP contribution in [0.3, 0.4) is 0 Å². The summed E-state index contributed by atoms with van der Waals surface area (Å²) < 4.78 is 10.7. The van der Waals surface area contributed by atoms with E-state index in [0.717, 1.165) is 34.9 Å². The molecule has 1 aromatic rings. The van der Waals surface area contributed by atoms with Gasteiger partial charge in [0.25, 0.3) is 5.91 Å². The Kier molecular flexibility index (Phi) is 7.12. The minimum Gasteiger partial charge on any atom is -0.493 e. The number of methoxy groups -OCH3 is 2. The van der Waals surface area contributed by atoms with Crippen LogP contribution in [0.25, 0.3) is 0 Å². The molecule has 2 N–H and O–H groups in total. The van der Waals surface area contributed by atoms with E-state index in [1.807, 2.05) is 12.1 Å². The Hall–Kier alpha value is -1.75. The molecule has 1 amide bonds. The van der Waals surface area contributed by atoms with Crippen LogP contribution in [0, 0.1) is 12.8 Å². The molecular formula is C20H33N2O3+. The van der Waals surface area contributed by atoms with Crippen molar-refractivity contribution in [2.45, 2.75) is 52.1 Å². The predicted octanol–water partition coefficient (Wildman–Crippen LogP) is 1.72. The van der Waals surface area contributed by atoms with E-state index < -0.39 is 0 Å². The molecule has 2 rings (SSSR count). The van der Waals surface area contributed by atoms with Gasteiger partial charge >= 0.3 is 0 Å². The normalized spacial score (nSPS) is 21.5.